The summed E-state index contributed by atoms with van der Waals surface area (Å²) in [5.74, 6) is 0.788. The Balaban J connectivity index is 2.01. The third-order valence-electron chi connectivity index (χ3n) is 2.82. The van der Waals surface area contributed by atoms with Crippen LogP contribution in [0.4, 0.5) is 11.4 Å². The zero-order chi connectivity index (χ0) is 12.5. The van der Waals surface area contributed by atoms with Crippen LogP contribution in [0.15, 0.2) is 41.0 Å². The Bertz CT molecular complexity index is 578. The van der Waals surface area contributed by atoms with Gasteiger partial charge in [-0.05, 0) is 30.3 Å². The Morgan fingerprint density at radius 3 is 3.00 bits per heavy atom. The summed E-state index contributed by atoms with van der Waals surface area (Å²) in [4.78, 5) is 13.9. The highest BCUT2D eigenvalue weighted by atomic mass is 16.5. The number of carbonyl (C=O) groups is 1. The van der Waals surface area contributed by atoms with E-state index >= 15 is 0 Å². The summed E-state index contributed by atoms with van der Waals surface area (Å²) in [6, 6.07) is 8.58. The molecule has 0 radical (unpaired) electrons. The molecule has 18 heavy (non-hydrogen) atoms. The third-order valence-corrected chi connectivity index (χ3v) is 2.82. The maximum absolute atomic E-state index is 12.3. The summed E-state index contributed by atoms with van der Waals surface area (Å²) in [5.41, 5.74) is 7.02. The summed E-state index contributed by atoms with van der Waals surface area (Å²) < 4.78 is 10.6. The predicted octanol–water partition coefficient (Wildman–Crippen LogP) is 1.90. The molecule has 0 aliphatic carbocycles. The quantitative estimate of drug-likeness (QED) is 0.778. The van der Waals surface area contributed by atoms with E-state index in [0.717, 1.165) is 0 Å². The van der Waals surface area contributed by atoms with Crippen LogP contribution in [0.5, 0.6) is 5.75 Å². The summed E-state index contributed by atoms with van der Waals surface area (Å²) in [6.45, 7) is 0.944. The summed E-state index contributed by atoms with van der Waals surface area (Å²) in [6.07, 6.45) is 1.48. The van der Waals surface area contributed by atoms with Crippen molar-refractivity contribution < 1.29 is 13.9 Å². The van der Waals surface area contributed by atoms with Crippen molar-refractivity contribution in [1.29, 1.82) is 0 Å². The molecule has 0 spiro atoms. The molecule has 0 saturated heterocycles. The van der Waals surface area contributed by atoms with Crippen molar-refractivity contribution in [3.05, 3.63) is 42.4 Å². The Kier molecular flexibility index (Phi) is 2.44. The fourth-order valence-electron chi connectivity index (χ4n) is 1.98. The molecule has 1 amide bonds. The first-order valence-corrected chi connectivity index (χ1v) is 5.63. The molecule has 0 saturated carbocycles. The molecule has 0 bridgehead atoms. The Morgan fingerprint density at radius 2 is 2.22 bits per heavy atom. The van der Waals surface area contributed by atoms with E-state index in [1.54, 1.807) is 35.2 Å². The molecule has 1 aromatic carbocycles. The van der Waals surface area contributed by atoms with Gasteiger partial charge in [-0.15, -0.1) is 0 Å². The van der Waals surface area contributed by atoms with Gasteiger partial charge in [-0.1, -0.05) is 0 Å². The van der Waals surface area contributed by atoms with Gasteiger partial charge in [0.2, 0.25) is 0 Å². The molecule has 92 valence electrons. The zero-order valence-corrected chi connectivity index (χ0v) is 9.63. The molecule has 1 aliphatic rings. The van der Waals surface area contributed by atoms with Crippen LogP contribution >= 0.6 is 0 Å². The first kappa shape index (κ1) is 10.7. The number of furan rings is 1. The minimum absolute atomic E-state index is 0.185. The molecule has 0 unspecified atom stereocenters. The Morgan fingerprint density at radius 1 is 1.33 bits per heavy atom. The van der Waals surface area contributed by atoms with Crippen LogP contribution in [0.2, 0.25) is 0 Å². The van der Waals surface area contributed by atoms with Crippen LogP contribution in [-0.4, -0.2) is 19.1 Å². The third kappa shape index (κ3) is 1.69. The molecule has 2 heterocycles. The molecule has 2 N–H and O–H groups in total. The van der Waals surface area contributed by atoms with Crippen LogP contribution in [0.3, 0.4) is 0 Å². The monoisotopic (exact) mass is 244 g/mol. The van der Waals surface area contributed by atoms with Gasteiger partial charge in [0, 0.05) is 5.69 Å². The average molecular weight is 244 g/mol. The van der Waals surface area contributed by atoms with Crippen molar-refractivity contribution >= 4 is 17.3 Å². The van der Waals surface area contributed by atoms with Crippen LogP contribution < -0.4 is 15.4 Å². The number of hydrogen-bond donors (Lipinski definition) is 1. The van der Waals surface area contributed by atoms with E-state index in [-0.39, 0.29) is 5.91 Å². The van der Waals surface area contributed by atoms with Gasteiger partial charge in [0.25, 0.3) is 5.91 Å². The van der Waals surface area contributed by atoms with Crippen LogP contribution in [0.25, 0.3) is 0 Å². The van der Waals surface area contributed by atoms with Crippen molar-refractivity contribution in [3.63, 3.8) is 0 Å². The van der Waals surface area contributed by atoms with Crippen molar-refractivity contribution in [2.45, 2.75) is 0 Å². The number of rotatable bonds is 1. The van der Waals surface area contributed by atoms with Gasteiger partial charge < -0.3 is 14.9 Å². The molecule has 1 aliphatic heterocycles. The lowest BCUT2D eigenvalue weighted by Crippen LogP contribution is -2.37. The highest BCUT2D eigenvalue weighted by Gasteiger charge is 2.26. The van der Waals surface area contributed by atoms with E-state index in [4.69, 9.17) is 14.9 Å². The summed E-state index contributed by atoms with van der Waals surface area (Å²) >= 11 is 0. The molecule has 5 nitrogen and oxygen atoms in total. The van der Waals surface area contributed by atoms with E-state index in [9.17, 15) is 4.79 Å². The average Bonchev–Trinajstić information content (AvgIpc) is 2.91. The number of nitrogens with zero attached hydrogens (tertiary/aromatic N) is 1. The largest absolute Gasteiger partial charge is 0.490 e. The number of carbonyl (C=O) groups excluding carboxylic acids is 1. The second-order valence-electron chi connectivity index (χ2n) is 4.01. The first-order valence-electron chi connectivity index (χ1n) is 5.63. The smallest absolute Gasteiger partial charge is 0.294 e. The number of benzene rings is 1. The number of anilines is 2. The summed E-state index contributed by atoms with van der Waals surface area (Å²) in [5, 5.41) is 0. The maximum atomic E-state index is 12.3. The maximum Gasteiger partial charge on any atom is 0.294 e. The van der Waals surface area contributed by atoms with Crippen molar-refractivity contribution in [2.75, 3.05) is 23.8 Å². The molecule has 0 atom stereocenters. The van der Waals surface area contributed by atoms with Gasteiger partial charge in [-0.3, -0.25) is 9.69 Å². The van der Waals surface area contributed by atoms with Gasteiger partial charge in [-0.25, -0.2) is 0 Å². The number of nitrogen functional groups attached to an aromatic ring is 1. The predicted molar refractivity (Wildman–Crippen MR) is 66.7 cm³/mol. The highest BCUT2D eigenvalue weighted by molar-refractivity contribution is 6.05. The Labute approximate surface area is 104 Å². The van der Waals surface area contributed by atoms with Crippen LogP contribution in [0.1, 0.15) is 10.6 Å². The fraction of sp³-hybridized carbons (Fsp3) is 0.154. The van der Waals surface area contributed by atoms with Crippen molar-refractivity contribution in [2.24, 2.45) is 0 Å². The minimum atomic E-state index is -0.185. The lowest BCUT2D eigenvalue weighted by molar-refractivity contribution is 0.0950. The first-order chi connectivity index (χ1) is 8.75. The van der Waals surface area contributed by atoms with Crippen molar-refractivity contribution in [3.8, 4) is 5.75 Å². The molecule has 2 aromatic rings. The molecule has 3 rings (SSSR count). The van der Waals surface area contributed by atoms with E-state index < -0.39 is 0 Å². The second-order valence-corrected chi connectivity index (χ2v) is 4.01. The van der Waals surface area contributed by atoms with Gasteiger partial charge in [0.05, 0.1) is 18.5 Å². The van der Waals surface area contributed by atoms with E-state index in [2.05, 4.69) is 0 Å². The van der Waals surface area contributed by atoms with Gasteiger partial charge in [0.1, 0.15) is 12.4 Å². The van der Waals surface area contributed by atoms with Gasteiger partial charge >= 0.3 is 0 Å². The number of amides is 1. The highest BCUT2D eigenvalue weighted by Crippen LogP contribution is 2.34. The normalized spacial score (nSPS) is 13.9. The molecule has 0 fully saturated rings. The molecular weight excluding hydrogens is 232 g/mol. The van der Waals surface area contributed by atoms with E-state index in [0.29, 0.717) is 36.0 Å². The lowest BCUT2D eigenvalue weighted by atomic mass is 10.2. The van der Waals surface area contributed by atoms with Crippen LogP contribution in [0, 0.1) is 0 Å². The minimum Gasteiger partial charge on any atom is -0.490 e. The number of ether oxygens (including phenoxy) is 1. The number of fused-ring (bicyclic) bond motifs is 1. The lowest BCUT2D eigenvalue weighted by Gasteiger charge is -2.29. The topological polar surface area (TPSA) is 68.7 Å². The summed E-state index contributed by atoms with van der Waals surface area (Å²) in [7, 11) is 0. The van der Waals surface area contributed by atoms with E-state index in [1.807, 2.05) is 0 Å². The molecule has 1 aromatic heterocycles. The van der Waals surface area contributed by atoms with Crippen LogP contribution in [-0.2, 0) is 0 Å². The van der Waals surface area contributed by atoms with Gasteiger partial charge in [0.15, 0.2) is 5.76 Å². The fourth-order valence-corrected chi connectivity index (χ4v) is 1.98. The molecular formula is C13H12N2O3. The number of nitrogens with two attached hydrogens (primary N) is 1. The standard InChI is InChI=1S/C13H12N2O3/c14-9-3-4-11-10(8-9)15(5-7-18-11)13(16)12-2-1-6-17-12/h1-4,6,8H,5,7,14H2. The molecule has 5 heteroatoms. The zero-order valence-electron chi connectivity index (χ0n) is 9.63. The van der Waals surface area contributed by atoms with Crippen molar-refractivity contribution in [1.82, 2.24) is 0 Å². The second kappa shape index (κ2) is 4.10. The van der Waals surface area contributed by atoms with E-state index in [1.165, 1.54) is 6.26 Å². The Hall–Kier alpha value is -2.43. The SMILES string of the molecule is Nc1ccc2c(c1)N(C(=O)c1ccco1)CCO2. The number of hydrogen-bond acceptors (Lipinski definition) is 4. The van der Waals surface area contributed by atoms with Gasteiger partial charge in [-0.2, -0.15) is 0 Å².